The number of sulfonamides is 1. The van der Waals surface area contributed by atoms with E-state index in [1.807, 2.05) is 17.0 Å². The van der Waals surface area contributed by atoms with E-state index in [-0.39, 0.29) is 17.7 Å². The molecule has 1 unspecified atom stereocenters. The first-order valence-corrected chi connectivity index (χ1v) is 10.1. The molecule has 9 heteroatoms. The maximum atomic E-state index is 13.1. The van der Waals surface area contributed by atoms with Crippen LogP contribution in [0.25, 0.3) is 0 Å². The van der Waals surface area contributed by atoms with Crippen LogP contribution in [0.2, 0.25) is 0 Å². The van der Waals surface area contributed by atoms with Crippen molar-refractivity contribution < 1.29 is 13.2 Å². The first-order valence-electron chi connectivity index (χ1n) is 8.44. The lowest BCUT2D eigenvalue weighted by Gasteiger charge is -2.37. The number of carbonyl (C=O) groups is 1. The Labute approximate surface area is 152 Å². The van der Waals surface area contributed by atoms with Crippen molar-refractivity contribution in [2.75, 3.05) is 31.9 Å². The number of hydrogen-bond donors (Lipinski definition) is 1. The quantitative estimate of drug-likeness (QED) is 0.787. The smallest absolute Gasteiger partial charge is 0.256 e. The molecule has 0 aliphatic carbocycles. The third kappa shape index (κ3) is 3.27. The molecule has 1 atom stereocenters. The van der Waals surface area contributed by atoms with E-state index in [1.54, 1.807) is 35.6 Å². The van der Waals surface area contributed by atoms with E-state index in [9.17, 15) is 13.2 Å². The number of aromatic nitrogens is 1. The topological polar surface area (TPSA) is 95.0 Å². The summed E-state index contributed by atoms with van der Waals surface area (Å²) in [6.07, 6.45) is 8.41. The van der Waals surface area contributed by atoms with Crippen LogP contribution in [0.5, 0.6) is 0 Å². The summed E-state index contributed by atoms with van der Waals surface area (Å²) in [6, 6.07) is 3.75. The Bertz CT molecular complexity index is 908. The van der Waals surface area contributed by atoms with Crippen LogP contribution in [0.4, 0.5) is 0 Å². The summed E-state index contributed by atoms with van der Waals surface area (Å²) in [5, 5.41) is 3.32. The Hall–Kier alpha value is -2.52. The van der Waals surface area contributed by atoms with Gasteiger partial charge in [0.25, 0.3) is 15.9 Å². The maximum absolute atomic E-state index is 13.1. The zero-order valence-corrected chi connectivity index (χ0v) is 14.9. The molecule has 0 radical (unpaired) electrons. The number of hydrogen-bond acceptors (Lipinski definition) is 6. The van der Waals surface area contributed by atoms with Gasteiger partial charge in [-0.15, -0.1) is 4.40 Å². The number of pyridine rings is 1. The summed E-state index contributed by atoms with van der Waals surface area (Å²) in [7, 11) is -3.40. The fraction of sp³-hybridized carbons (Fsp3) is 0.353. The minimum absolute atomic E-state index is 0.0474. The van der Waals surface area contributed by atoms with E-state index < -0.39 is 10.0 Å². The number of rotatable bonds is 2. The summed E-state index contributed by atoms with van der Waals surface area (Å²) in [5.41, 5.74) is 1.51. The van der Waals surface area contributed by atoms with Crippen LogP contribution in [0.3, 0.4) is 0 Å². The molecule has 26 heavy (non-hydrogen) atoms. The Balaban J connectivity index is 1.59. The second-order valence-electron chi connectivity index (χ2n) is 6.35. The van der Waals surface area contributed by atoms with E-state index in [0.717, 1.165) is 12.1 Å². The molecule has 4 heterocycles. The van der Waals surface area contributed by atoms with Gasteiger partial charge in [0.2, 0.25) is 0 Å². The van der Waals surface area contributed by atoms with Crippen molar-refractivity contribution in [3.05, 3.63) is 54.0 Å². The normalized spacial score (nSPS) is 24.5. The third-order valence-corrected chi connectivity index (χ3v) is 5.81. The van der Waals surface area contributed by atoms with Gasteiger partial charge < -0.3 is 15.1 Å². The van der Waals surface area contributed by atoms with Crippen LogP contribution >= 0.6 is 0 Å². The number of nitrogens with zero attached hydrogens (tertiary/aromatic N) is 4. The number of amidine groups is 1. The van der Waals surface area contributed by atoms with Crippen LogP contribution in [-0.4, -0.2) is 66.9 Å². The van der Waals surface area contributed by atoms with Crippen LogP contribution < -0.4 is 5.32 Å². The summed E-state index contributed by atoms with van der Waals surface area (Å²) in [5.74, 6) is 0.231. The zero-order chi connectivity index (χ0) is 18.1. The molecule has 4 rings (SSSR count). The van der Waals surface area contributed by atoms with E-state index in [0.29, 0.717) is 31.0 Å². The molecule has 1 saturated heterocycles. The van der Waals surface area contributed by atoms with Gasteiger partial charge in [-0.2, -0.15) is 0 Å². The lowest BCUT2D eigenvalue weighted by Crippen LogP contribution is -2.49. The van der Waals surface area contributed by atoms with Gasteiger partial charge in [-0.05, 0) is 23.8 Å². The predicted molar refractivity (Wildman–Crippen MR) is 96.7 cm³/mol. The molecule has 8 nitrogen and oxygen atoms in total. The standard InChI is InChI=1S/C17H19N5O3S/c23-17(14-3-4-16-20-26(24,25)9-8-21(16)12-14)22-7-6-19-11-15(22)13-2-1-5-18-10-13/h1-5,10,12,15,19H,6-9,11H2. The Morgan fingerprint density at radius 3 is 2.96 bits per heavy atom. The molecule has 3 aliphatic heterocycles. The number of piperazine rings is 1. The molecule has 3 aliphatic rings. The molecule has 1 aromatic heterocycles. The Morgan fingerprint density at radius 1 is 1.27 bits per heavy atom. The van der Waals surface area contributed by atoms with Gasteiger partial charge in [-0.1, -0.05) is 6.07 Å². The van der Waals surface area contributed by atoms with Gasteiger partial charge >= 0.3 is 0 Å². The zero-order valence-electron chi connectivity index (χ0n) is 14.1. The lowest BCUT2D eigenvalue weighted by atomic mass is 10.0. The number of fused-ring (bicyclic) bond motifs is 1. The van der Waals surface area contributed by atoms with Gasteiger partial charge in [0, 0.05) is 44.8 Å². The van der Waals surface area contributed by atoms with Crippen LogP contribution in [0.15, 0.2) is 52.8 Å². The number of amides is 1. The number of carbonyl (C=O) groups excluding carboxylic acids is 1. The highest BCUT2D eigenvalue weighted by atomic mass is 32.2. The van der Waals surface area contributed by atoms with Crippen molar-refractivity contribution in [3.63, 3.8) is 0 Å². The van der Waals surface area contributed by atoms with E-state index in [1.165, 1.54) is 0 Å². The van der Waals surface area contributed by atoms with Gasteiger partial charge in [0.15, 0.2) is 0 Å². The third-order valence-electron chi connectivity index (χ3n) is 4.64. The fourth-order valence-electron chi connectivity index (χ4n) is 3.31. The van der Waals surface area contributed by atoms with Gasteiger partial charge in [-0.25, -0.2) is 8.42 Å². The monoisotopic (exact) mass is 373 g/mol. The molecular formula is C17H19N5O3S. The fourth-order valence-corrected chi connectivity index (χ4v) is 4.28. The predicted octanol–water partition coefficient (Wildman–Crippen LogP) is 0.0521. The summed E-state index contributed by atoms with van der Waals surface area (Å²) in [4.78, 5) is 20.8. The summed E-state index contributed by atoms with van der Waals surface area (Å²) < 4.78 is 27.0. The van der Waals surface area contributed by atoms with Crippen LogP contribution in [0, 0.1) is 0 Å². The molecule has 0 bridgehead atoms. The summed E-state index contributed by atoms with van der Waals surface area (Å²) >= 11 is 0. The highest BCUT2D eigenvalue weighted by Crippen LogP contribution is 2.25. The maximum Gasteiger partial charge on any atom is 0.256 e. The van der Waals surface area contributed by atoms with Crippen LogP contribution in [0.1, 0.15) is 11.6 Å². The van der Waals surface area contributed by atoms with Crippen molar-refractivity contribution in [1.29, 1.82) is 0 Å². The highest BCUT2D eigenvalue weighted by molar-refractivity contribution is 7.90. The van der Waals surface area contributed by atoms with Gasteiger partial charge in [-0.3, -0.25) is 9.78 Å². The SMILES string of the molecule is O=C(C1=CN2CCS(=O)(=O)N=C2C=C1)N1CCNCC1c1cccnc1. The highest BCUT2D eigenvalue weighted by Gasteiger charge is 2.31. The Kier molecular flexibility index (Phi) is 4.33. The summed E-state index contributed by atoms with van der Waals surface area (Å²) in [6.45, 7) is 2.30. The van der Waals surface area contributed by atoms with Crippen molar-refractivity contribution in [1.82, 2.24) is 20.1 Å². The lowest BCUT2D eigenvalue weighted by molar-refractivity contribution is -0.130. The second-order valence-corrected chi connectivity index (χ2v) is 8.11. The van der Waals surface area contributed by atoms with E-state index in [2.05, 4.69) is 14.7 Å². The largest absolute Gasteiger partial charge is 0.330 e. The minimum atomic E-state index is -3.40. The molecule has 0 spiro atoms. The molecule has 0 saturated carbocycles. The van der Waals surface area contributed by atoms with Crippen molar-refractivity contribution >= 4 is 21.8 Å². The average Bonchev–Trinajstić information content (AvgIpc) is 2.67. The molecule has 1 amide bonds. The van der Waals surface area contributed by atoms with E-state index in [4.69, 9.17) is 0 Å². The molecule has 136 valence electrons. The first-order chi connectivity index (χ1) is 12.5. The van der Waals surface area contributed by atoms with Crippen molar-refractivity contribution in [2.45, 2.75) is 6.04 Å². The molecule has 1 fully saturated rings. The molecular weight excluding hydrogens is 354 g/mol. The molecule has 0 aromatic carbocycles. The average molecular weight is 373 g/mol. The second kappa shape index (κ2) is 6.65. The van der Waals surface area contributed by atoms with Gasteiger partial charge in [0.05, 0.1) is 17.4 Å². The molecule has 1 aromatic rings. The van der Waals surface area contributed by atoms with Crippen molar-refractivity contribution in [2.24, 2.45) is 4.40 Å². The minimum Gasteiger partial charge on any atom is -0.330 e. The van der Waals surface area contributed by atoms with Gasteiger partial charge in [0.1, 0.15) is 5.84 Å². The first kappa shape index (κ1) is 16.9. The van der Waals surface area contributed by atoms with Crippen LogP contribution in [-0.2, 0) is 14.8 Å². The Morgan fingerprint density at radius 2 is 2.15 bits per heavy atom. The number of nitrogens with one attached hydrogen (secondary N) is 1. The van der Waals surface area contributed by atoms with E-state index >= 15 is 0 Å². The molecule has 1 N–H and O–H groups in total. The van der Waals surface area contributed by atoms with Crippen molar-refractivity contribution in [3.8, 4) is 0 Å².